The molecular weight excluding hydrogens is 302 g/mol. The monoisotopic (exact) mass is 329 g/mol. The Balaban J connectivity index is 1.57. The zero-order valence-corrected chi connectivity index (χ0v) is 14.8. The van der Waals surface area contributed by atoms with Crippen molar-refractivity contribution in [1.82, 2.24) is 4.90 Å². The zero-order valence-electron chi connectivity index (χ0n) is 14.0. The molecule has 23 heavy (non-hydrogen) atoms. The largest absolute Gasteiger partial charge is 0.508 e. The summed E-state index contributed by atoms with van der Waals surface area (Å²) in [5.41, 5.74) is 2.54. The summed E-state index contributed by atoms with van der Waals surface area (Å²) in [7, 11) is 0. The molecule has 0 spiro atoms. The molecule has 0 radical (unpaired) electrons. The van der Waals surface area contributed by atoms with Crippen LogP contribution < -0.4 is 0 Å². The van der Waals surface area contributed by atoms with E-state index in [4.69, 9.17) is 0 Å². The molecule has 124 valence electrons. The quantitative estimate of drug-likeness (QED) is 0.807. The van der Waals surface area contributed by atoms with E-state index in [0.29, 0.717) is 5.75 Å². The van der Waals surface area contributed by atoms with E-state index in [-0.39, 0.29) is 0 Å². The Labute approximate surface area is 143 Å². The summed E-state index contributed by atoms with van der Waals surface area (Å²) in [6.45, 7) is 5.81. The third-order valence-corrected chi connectivity index (χ3v) is 5.81. The number of aromatic hydroxyl groups is 1. The number of phenols is 1. The lowest BCUT2D eigenvalue weighted by molar-refractivity contribution is 0.221. The Kier molecular flexibility index (Phi) is 5.74. The molecule has 0 amide bonds. The molecule has 1 atom stereocenters. The molecule has 2 nitrogen and oxygen atoms in total. The molecule has 1 aromatic heterocycles. The van der Waals surface area contributed by atoms with Crippen LogP contribution in [0.2, 0.25) is 0 Å². The van der Waals surface area contributed by atoms with E-state index in [0.717, 1.165) is 25.3 Å². The second-order valence-electron chi connectivity index (χ2n) is 6.65. The van der Waals surface area contributed by atoms with Crippen LogP contribution in [0.5, 0.6) is 5.75 Å². The number of fused-ring (bicyclic) bond motifs is 1. The van der Waals surface area contributed by atoms with Crippen molar-refractivity contribution >= 4 is 11.3 Å². The minimum atomic E-state index is 0.490. The van der Waals surface area contributed by atoms with E-state index in [9.17, 15) is 5.11 Å². The molecule has 1 N–H and O–H groups in total. The number of benzene rings is 1. The molecule has 3 rings (SSSR count). The highest BCUT2D eigenvalue weighted by atomic mass is 32.1. The van der Waals surface area contributed by atoms with Crippen LogP contribution in [0.4, 0.5) is 0 Å². The predicted molar refractivity (Wildman–Crippen MR) is 98.4 cm³/mol. The van der Waals surface area contributed by atoms with Gasteiger partial charge in [-0.2, -0.15) is 0 Å². The van der Waals surface area contributed by atoms with E-state index < -0.39 is 0 Å². The van der Waals surface area contributed by atoms with Gasteiger partial charge in [0, 0.05) is 18.0 Å². The normalized spacial score (nSPS) is 17.4. The number of rotatable bonds is 7. The second-order valence-corrected chi connectivity index (χ2v) is 7.69. The highest BCUT2D eigenvalue weighted by Crippen LogP contribution is 2.31. The molecule has 1 aromatic carbocycles. The number of thiophene rings is 1. The molecule has 3 heteroatoms. The Morgan fingerprint density at radius 2 is 2.13 bits per heavy atom. The topological polar surface area (TPSA) is 23.5 Å². The number of nitrogens with zero attached hydrogens (tertiary/aromatic N) is 1. The molecule has 0 fully saturated rings. The summed E-state index contributed by atoms with van der Waals surface area (Å²) in [6.07, 6.45) is 5.72. The van der Waals surface area contributed by atoms with Gasteiger partial charge in [-0.25, -0.2) is 0 Å². The maximum absolute atomic E-state index is 9.99. The highest BCUT2D eigenvalue weighted by molar-refractivity contribution is 7.09. The third-order valence-electron chi connectivity index (χ3n) is 4.87. The van der Waals surface area contributed by atoms with Crippen LogP contribution in [0.3, 0.4) is 0 Å². The first-order chi connectivity index (χ1) is 11.3. The Morgan fingerprint density at radius 1 is 1.22 bits per heavy atom. The molecule has 0 saturated carbocycles. The molecule has 0 aliphatic heterocycles. The standard InChI is InChI=1S/C20H27NOS/c1-2-11-21(12-10-18-6-4-13-23-18)15-16-8-9-19-17(14-16)5-3-7-20(19)22/h3-7,13,16,22H,2,8-12,14-15H2,1H3/t16-/m0/s1. The van der Waals surface area contributed by atoms with Crippen LogP contribution in [0.1, 0.15) is 35.8 Å². The van der Waals surface area contributed by atoms with Crippen LogP contribution in [0.25, 0.3) is 0 Å². The molecule has 1 aliphatic rings. The van der Waals surface area contributed by atoms with Gasteiger partial charge in [-0.15, -0.1) is 11.3 Å². The van der Waals surface area contributed by atoms with Crippen molar-refractivity contribution in [3.8, 4) is 5.75 Å². The van der Waals surface area contributed by atoms with Crippen molar-refractivity contribution in [3.63, 3.8) is 0 Å². The van der Waals surface area contributed by atoms with Gasteiger partial charge >= 0.3 is 0 Å². The van der Waals surface area contributed by atoms with E-state index in [2.05, 4.69) is 35.4 Å². The van der Waals surface area contributed by atoms with Gasteiger partial charge in [0.1, 0.15) is 5.75 Å². The summed E-state index contributed by atoms with van der Waals surface area (Å²) >= 11 is 1.87. The second kappa shape index (κ2) is 7.98. The van der Waals surface area contributed by atoms with Crippen LogP contribution >= 0.6 is 11.3 Å². The van der Waals surface area contributed by atoms with Gasteiger partial charge in [-0.3, -0.25) is 0 Å². The smallest absolute Gasteiger partial charge is 0.119 e. The lowest BCUT2D eigenvalue weighted by Crippen LogP contribution is -2.34. The summed E-state index contributed by atoms with van der Waals surface area (Å²) < 4.78 is 0. The summed E-state index contributed by atoms with van der Waals surface area (Å²) in [5.74, 6) is 1.21. The van der Waals surface area contributed by atoms with Crippen molar-refractivity contribution in [2.45, 2.75) is 39.0 Å². The van der Waals surface area contributed by atoms with Gasteiger partial charge in [-0.1, -0.05) is 25.1 Å². The molecular formula is C20H27NOS. The minimum absolute atomic E-state index is 0.490. The summed E-state index contributed by atoms with van der Waals surface area (Å²) in [6, 6.07) is 10.4. The van der Waals surface area contributed by atoms with Gasteiger partial charge in [0.2, 0.25) is 0 Å². The SMILES string of the molecule is CCCN(CCc1cccs1)C[C@H]1CCc2c(O)cccc2C1. The zero-order chi connectivity index (χ0) is 16.1. The number of hydrogen-bond donors (Lipinski definition) is 1. The Bertz CT molecular complexity index is 608. The Morgan fingerprint density at radius 3 is 2.91 bits per heavy atom. The molecule has 1 heterocycles. The van der Waals surface area contributed by atoms with Gasteiger partial charge in [0.05, 0.1) is 0 Å². The average molecular weight is 330 g/mol. The van der Waals surface area contributed by atoms with Crippen molar-refractivity contribution in [2.24, 2.45) is 5.92 Å². The molecule has 0 unspecified atom stereocenters. The lowest BCUT2D eigenvalue weighted by atomic mass is 9.83. The molecule has 0 bridgehead atoms. The van der Waals surface area contributed by atoms with E-state index in [1.54, 1.807) is 0 Å². The van der Waals surface area contributed by atoms with Crippen molar-refractivity contribution in [1.29, 1.82) is 0 Å². The highest BCUT2D eigenvalue weighted by Gasteiger charge is 2.22. The lowest BCUT2D eigenvalue weighted by Gasteiger charge is -2.31. The molecule has 1 aliphatic carbocycles. The van der Waals surface area contributed by atoms with Crippen molar-refractivity contribution < 1.29 is 5.11 Å². The van der Waals surface area contributed by atoms with Gasteiger partial charge in [0.15, 0.2) is 0 Å². The number of hydrogen-bond acceptors (Lipinski definition) is 3. The third kappa shape index (κ3) is 4.36. The fourth-order valence-electron chi connectivity index (χ4n) is 3.72. The van der Waals surface area contributed by atoms with Gasteiger partial charge in [0.25, 0.3) is 0 Å². The van der Waals surface area contributed by atoms with Gasteiger partial charge in [-0.05, 0) is 73.2 Å². The van der Waals surface area contributed by atoms with E-state index in [1.165, 1.54) is 48.4 Å². The van der Waals surface area contributed by atoms with Crippen LogP contribution in [-0.4, -0.2) is 29.6 Å². The van der Waals surface area contributed by atoms with Crippen LogP contribution in [0, 0.1) is 5.92 Å². The van der Waals surface area contributed by atoms with E-state index >= 15 is 0 Å². The minimum Gasteiger partial charge on any atom is -0.508 e. The predicted octanol–water partition coefficient (Wildman–Crippen LogP) is 4.51. The maximum Gasteiger partial charge on any atom is 0.119 e. The fraction of sp³-hybridized carbons (Fsp3) is 0.500. The fourth-order valence-corrected chi connectivity index (χ4v) is 4.42. The molecule has 0 saturated heterocycles. The first-order valence-electron chi connectivity index (χ1n) is 8.80. The first-order valence-corrected chi connectivity index (χ1v) is 9.68. The van der Waals surface area contributed by atoms with Crippen molar-refractivity contribution in [3.05, 3.63) is 51.7 Å². The Hall–Kier alpha value is -1.32. The van der Waals surface area contributed by atoms with Crippen molar-refractivity contribution in [2.75, 3.05) is 19.6 Å². The van der Waals surface area contributed by atoms with Gasteiger partial charge < -0.3 is 10.0 Å². The maximum atomic E-state index is 9.99. The first kappa shape index (κ1) is 16.5. The number of phenolic OH excluding ortho intramolecular Hbond substituents is 1. The average Bonchev–Trinajstić information content (AvgIpc) is 3.06. The van der Waals surface area contributed by atoms with Crippen LogP contribution in [0.15, 0.2) is 35.7 Å². The summed E-state index contributed by atoms with van der Waals surface area (Å²) in [4.78, 5) is 4.13. The molecule has 2 aromatic rings. The summed E-state index contributed by atoms with van der Waals surface area (Å²) in [5, 5.41) is 12.2. The van der Waals surface area contributed by atoms with E-state index in [1.807, 2.05) is 23.5 Å². The van der Waals surface area contributed by atoms with Crippen LogP contribution in [-0.2, 0) is 19.3 Å².